The molecule has 80 valence electrons. The van der Waals surface area contributed by atoms with Crippen LogP contribution in [0.2, 0.25) is 5.28 Å². The van der Waals surface area contributed by atoms with Crippen LogP contribution in [0.3, 0.4) is 0 Å². The number of fused-ring (bicyclic) bond motifs is 1. The van der Waals surface area contributed by atoms with E-state index in [0.717, 1.165) is 0 Å². The van der Waals surface area contributed by atoms with Crippen LogP contribution in [0.15, 0.2) is 16.6 Å². The van der Waals surface area contributed by atoms with E-state index >= 15 is 0 Å². The highest BCUT2D eigenvalue weighted by atomic mass is 79.9. The van der Waals surface area contributed by atoms with Gasteiger partial charge in [-0.05, 0) is 53.5 Å². The first-order valence-electron chi connectivity index (χ1n) is 4.53. The van der Waals surface area contributed by atoms with Crippen molar-refractivity contribution in [2.75, 3.05) is 0 Å². The van der Waals surface area contributed by atoms with Gasteiger partial charge in [-0.15, -0.1) is 0 Å². The second kappa shape index (κ2) is 3.76. The molecule has 0 atom stereocenters. The van der Waals surface area contributed by atoms with Crippen molar-refractivity contribution in [2.24, 2.45) is 0 Å². The van der Waals surface area contributed by atoms with Crippen molar-refractivity contribution in [1.82, 2.24) is 9.55 Å². The zero-order chi connectivity index (χ0) is 11.2. The number of nitrogens with zero attached hydrogens (tertiary/aromatic N) is 2. The van der Waals surface area contributed by atoms with Crippen LogP contribution in [-0.4, -0.2) is 9.55 Å². The Balaban J connectivity index is 2.86. The summed E-state index contributed by atoms with van der Waals surface area (Å²) in [5.74, 6) is -0.298. The van der Waals surface area contributed by atoms with Crippen LogP contribution in [0.1, 0.15) is 19.9 Å². The molecule has 1 heterocycles. The molecule has 0 aliphatic rings. The number of hydrogen-bond acceptors (Lipinski definition) is 1. The average Bonchev–Trinajstić information content (AvgIpc) is 2.41. The minimum absolute atomic E-state index is 0.149. The molecule has 0 fully saturated rings. The Morgan fingerprint density at radius 1 is 1.47 bits per heavy atom. The molecule has 1 aromatic heterocycles. The molecule has 0 spiro atoms. The van der Waals surface area contributed by atoms with E-state index in [2.05, 4.69) is 20.9 Å². The first-order chi connectivity index (χ1) is 7.00. The summed E-state index contributed by atoms with van der Waals surface area (Å²) >= 11 is 9.27. The second-order valence-electron chi connectivity index (χ2n) is 3.60. The summed E-state index contributed by atoms with van der Waals surface area (Å²) in [5, 5.41) is 0.381. The Bertz CT molecular complexity index is 522. The Hall–Kier alpha value is -0.610. The molecule has 5 heteroatoms. The van der Waals surface area contributed by atoms with E-state index in [1.807, 2.05) is 13.8 Å². The van der Waals surface area contributed by atoms with Gasteiger partial charge in [-0.25, -0.2) is 9.37 Å². The minimum Gasteiger partial charge on any atom is -0.312 e. The number of benzene rings is 1. The molecular weight excluding hydrogens is 282 g/mol. The first-order valence-corrected chi connectivity index (χ1v) is 5.70. The van der Waals surface area contributed by atoms with Gasteiger partial charge in [0, 0.05) is 10.5 Å². The smallest absolute Gasteiger partial charge is 0.204 e. The van der Waals surface area contributed by atoms with Gasteiger partial charge >= 0.3 is 0 Å². The highest BCUT2D eigenvalue weighted by molar-refractivity contribution is 9.10. The van der Waals surface area contributed by atoms with Crippen LogP contribution < -0.4 is 0 Å². The van der Waals surface area contributed by atoms with Gasteiger partial charge in [-0.3, -0.25) is 0 Å². The molecule has 15 heavy (non-hydrogen) atoms. The van der Waals surface area contributed by atoms with Crippen molar-refractivity contribution in [3.8, 4) is 0 Å². The van der Waals surface area contributed by atoms with Crippen LogP contribution in [0.25, 0.3) is 11.0 Å². The molecule has 0 unspecified atom stereocenters. The van der Waals surface area contributed by atoms with Gasteiger partial charge in [0.2, 0.25) is 5.28 Å². The highest BCUT2D eigenvalue weighted by Gasteiger charge is 2.14. The van der Waals surface area contributed by atoms with Gasteiger partial charge in [0.15, 0.2) is 0 Å². The zero-order valence-corrected chi connectivity index (χ0v) is 10.6. The Labute approximate surface area is 100 Å². The zero-order valence-electron chi connectivity index (χ0n) is 8.26. The molecule has 0 amide bonds. The van der Waals surface area contributed by atoms with E-state index < -0.39 is 0 Å². The quantitative estimate of drug-likeness (QED) is 0.771. The average molecular weight is 292 g/mol. The molecule has 0 saturated heterocycles. The van der Waals surface area contributed by atoms with Crippen molar-refractivity contribution in [1.29, 1.82) is 0 Å². The number of imidazole rings is 1. The molecule has 2 aromatic rings. The van der Waals surface area contributed by atoms with E-state index in [1.54, 1.807) is 4.57 Å². The fourth-order valence-corrected chi connectivity index (χ4v) is 2.46. The van der Waals surface area contributed by atoms with Gasteiger partial charge in [0.05, 0.1) is 5.52 Å². The standard InChI is InChI=1S/C10H9BrClFN2/c1-5(2)15-8-4-6(13)3-7(11)9(8)14-10(15)12/h3-5H,1-2H3. The number of halogens is 3. The summed E-state index contributed by atoms with van der Waals surface area (Å²) in [5.41, 5.74) is 1.40. The minimum atomic E-state index is -0.298. The fourth-order valence-electron chi connectivity index (χ4n) is 1.58. The van der Waals surface area contributed by atoms with E-state index in [-0.39, 0.29) is 11.9 Å². The Morgan fingerprint density at radius 2 is 2.13 bits per heavy atom. The lowest BCUT2D eigenvalue weighted by atomic mass is 10.3. The third-order valence-electron chi connectivity index (χ3n) is 2.19. The van der Waals surface area contributed by atoms with Crippen molar-refractivity contribution >= 4 is 38.6 Å². The first kappa shape index (κ1) is 10.9. The lowest BCUT2D eigenvalue weighted by Crippen LogP contribution is -2.00. The summed E-state index contributed by atoms with van der Waals surface area (Å²) in [4.78, 5) is 4.19. The fraction of sp³-hybridized carbons (Fsp3) is 0.300. The maximum atomic E-state index is 13.2. The van der Waals surface area contributed by atoms with E-state index in [4.69, 9.17) is 11.6 Å². The predicted molar refractivity (Wildman–Crippen MR) is 62.8 cm³/mol. The van der Waals surface area contributed by atoms with Crippen LogP contribution in [0.4, 0.5) is 4.39 Å². The number of aromatic nitrogens is 2. The second-order valence-corrected chi connectivity index (χ2v) is 4.79. The third kappa shape index (κ3) is 1.76. The lowest BCUT2D eigenvalue weighted by molar-refractivity contribution is 0.609. The van der Waals surface area contributed by atoms with Crippen molar-refractivity contribution in [3.05, 3.63) is 27.7 Å². The van der Waals surface area contributed by atoms with Crippen molar-refractivity contribution in [2.45, 2.75) is 19.9 Å². The summed E-state index contributed by atoms with van der Waals surface area (Å²) in [6.07, 6.45) is 0. The molecule has 0 N–H and O–H groups in total. The summed E-state index contributed by atoms with van der Waals surface area (Å²) in [6.45, 7) is 3.96. The SMILES string of the molecule is CC(C)n1c(Cl)nc2c(Br)cc(F)cc21. The number of rotatable bonds is 1. The van der Waals surface area contributed by atoms with Crippen LogP contribution in [0, 0.1) is 5.82 Å². The highest BCUT2D eigenvalue weighted by Crippen LogP contribution is 2.30. The van der Waals surface area contributed by atoms with Crippen LogP contribution >= 0.6 is 27.5 Å². The molecule has 0 aliphatic heterocycles. The summed E-state index contributed by atoms with van der Waals surface area (Å²) in [7, 11) is 0. The summed E-state index contributed by atoms with van der Waals surface area (Å²) in [6, 6.07) is 2.98. The molecular formula is C10H9BrClFN2. The van der Waals surface area contributed by atoms with Crippen molar-refractivity contribution in [3.63, 3.8) is 0 Å². The monoisotopic (exact) mass is 290 g/mol. The topological polar surface area (TPSA) is 17.8 Å². The molecule has 0 saturated carbocycles. The van der Waals surface area contributed by atoms with Crippen LogP contribution in [-0.2, 0) is 0 Å². The van der Waals surface area contributed by atoms with Gasteiger partial charge in [0.1, 0.15) is 11.3 Å². The molecule has 0 aliphatic carbocycles. The predicted octanol–water partition coefficient (Wildman–Crippen LogP) is 4.17. The van der Waals surface area contributed by atoms with Gasteiger partial charge in [0.25, 0.3) is 0 Å². The van der Waals surface area contributed by atoms with Gasteiger partial charge in [-0.1, -0.05) is 0 Å². The lowest BCUT2D eigenvalue weighted by Gasteiger charge is -2.09. The van der Waals surface area contributed by atoms with E-state index in [1.165, 1.54) is 12.1 Å². The van der Waals surface area contributed by atoms with Crippen molar-refractivity contribution < 1.29 is 4.39 Å². The largest absolute Gasteiger partial charge is 0.312 e. The normalized spacial score (nSPS) is 11.6. The van der Waals surface area contributed by atoms with E-state index in [0.29, 0.717) is 20.8 Å². The van der Waals surface area contributed by atoms with Crippen LogP contribution in [0.5, 0.6) is 0 Å². The van der Waals surface area contributed by atoms with Gasteiger partial charge < -0.3 is 4.57 Å². The van der Waals surface area contributed by atoms with E-state index in [9.17, 15) is 4.39 Å². The molecule has 0 bridgehead atoms. The Kier molecular flexibility index (Phi) is 2.73. The molecule has 2 nitrogen and oxygen atoms in total. The third-order valence-corrected chi connectivity index (χ3v) is 3.06. The molecule has 2 rings (SSSR count). The molecule has 1 aromatic carbocycles. The number of hydrogen-bond donors (Lipinski definition) is 0. The molecule has 0 radical (unpaired) electrons. The maximum Gasteiger partial charge on any atom is 0.204 e. The Morgan fingerprint density at radius 3 is 2.73 bits per heavy atom. The summed E-state index contributed by atoms with van der Waals surface area (Å²) < 4.78 is 15.7. The van der Waals surface area contributed by atoms with Gasteiger partial charge in [-0.2, -0.15) is 0 Å². The maximum absolute atomic E-state index is 13.2.